The second-order valence-electron chi connectivity index (χ2n) is 4.34. The Balaban J connectivity index is 3.07. The molecule has 0 aliphatic rings. The van der Waals surface area contributed by atoms with E-state index >= 15 is 0 Å². The van der Waals surface area contributed by atoms with E-state index in [4.69, 9.17) is 11.5 Å². The molecule has 5 N–H and O–H groups in total. The molecule has 1 aromatic carbocycles. The van der Waals surface area contributed by atoms with Crippen molar-refractivity contribution in [1.29, 1.82) is 0 Å². The summed E-state index contributed by atoms with van der Waals surface area (Å²) >= 11 is 4.60. The summed E-state index contributed by atoms with van der Waals surface area (Å²) in [5.74, 6) is -0.541. The summed E-state index contributed by atoms with van der Waals surface area (Å²) in [5, 5.41) is 2.77. The Bertz CT molecular complexity index is 531. The van der Waals surface area contributed by atoms with E-state index in [0.29, 0.717) is 0 Å². The lowest BCUT2D eigenvalue weighted by Gasteiger charge is -2.17. The Morgan fingerprint density at radius 1 is 1.40 bits per heavy atom. The van der Waals surface area contributed by atoms with Gasteiger partial charge in [0.05, 0.1) is 5.56 Å². The van der Waals surface area contributed by atoms with Crippen molar-refractivity contribution in [2.45, 2.75) is 25.6 Å². The largest absolute Gasteiger partial charge is 0.417 e. The molecule has 1 aromatic rings. The number of carbonyl (C=O) groups excluding carboxylic acids is 1. The third-order valence-corrected chi connectivity index (χ3v) is 2.73. The highest BCUT2D eigenvalue weighted by molar-refractivity contribution is 7.80. The zero-order valence-electron chi connectivity index (χ0n) is 10.6. The molecule has 0 aromatic heterocycles. The molecule has 1 atom stereocenters. The second kappa shape index (κ2) is 6.08. The summed E-state index contributed by atoms with van der Waals surface area (Å²) in [7, 11) is 0. The lowest BCUT2D eigenvalue weighted by molar-refractivity contribution is -0.137. The van der Waals surface area contributed by atoms with Crippen molar-refractivity contribution in [1.82, 2.24) is 0 Å². The molecule has 8 heteroatoms. The molecule has 0 spiro atoms. The number of carbonyl (C=O) groups is 1. The summed E-state index contributed by atoms with van der Waals surface area (Å²) in [6.45, 7) is 1.64. The van der Waals surface area contributed by atoms with Crippen LogP contribution >= 0.6 is 12.2 Å². The number of amides is 1. The summed E-state index contributed by atoms with van der Waals surface area (Å²) in [5.41, 5.74) is 9.36. The average Bonchev–Trinajstić information content (AvgIpc) is 2.25. The maximum absolute atomic E-state index is 12.9. The van der Waals surface area contributed by atoms with Crippen LogP contribution in [0.1, 0.15) is 24.5 Å². The van der Waals surface area contributed by atoms with Crippen LogP contribution in [0.15, 0.2) is 18.2 Å². The molecule has 1 unspecified atom stereocenters. The van der Waals surface area contributed by atoms with E-state index in [1.165, 1.54) is 12.1 Å². The molecular formula is C12H14F3N3OS. The highest BCUT2D eigenvalue weighted by Crippen LogP contribution is 2.34. The van der Waals surface area contributed by atoms with Crippen LogP contribution in [-0.2, 0) is 11.0 Å². The zero-order valence-corrected chi connectivity index (χ0v) is 11.4. The van der Waals surface area contributed by atoms with Crippen LogP contribution in [0.3, 0.4) is 0 Å². The van der Waals surface area contributed by atoms with Gasteiger partial charge in [-0.25, -0.2) is 0 Å². The van der Waals surface area contributed by atoms with Crippen LogP contribution in [0, 0.1) is 0 Å². The van der Waals surface area contributed by atoms with Crippen molar-refractivity contribution in [3.05, 3.63) is 29.3 Å². The van der Waals surface area contributed by atoms with Crippen LogP contribution < -0.4 is 16.8 Å². The number of anilines is 1. The number of rotatable bonds is 5. The molecule has 4 nitrogen and oxygen atoms in total. The first-order valence-electron chi connectivity index (χ1n) is 5.67. The fraction of sp³-hybridized carbons (Fsp3) is 0.333. The van der Waals surface area contributed by atoms with Gasteiger partial charge < -0.3 is 16.8 Å². The molecular weight excluding hydrogens is 291 g/mol. The van der Waals surface area contributed by atoms with Gasteiger partial charge in [-0.1, -0.05) is 12.2 Å². The Hall–Kier alpha value is -1.83. The fourth-order valence-electron chi connectivity index (χ4n) is 1.72. The van der Waals surface area contributed by atoms with E-state index in [0.717, 1.165) is 6.07 Å². The number of alkyl halides is 3. The number of hydrogen-bond acceptors (Lipinski definition) is 3. The maximum Gasteiger partial charge on any atom is 0.417 e. The molecule has 1 amide bonds. The third kappa shape index (κ3) is 4.37. The summed E-state index contributed by atoms with van der Waals surface area (Å²) in [6.07, 6.45) is -4.55. The Morgan fingerprint density at radius 3 is 2.45 bits per heavy atom. The van der Waals surface area contributed by atoms with Crippen molar-refractivity contribution >= 4 is 28.8 Å². The van der Waals surface area contributed by atoms with Gasteiger partial charge in [0.1, 0.15) is 4.99 Å². The van der Waals surface area contributed by atoms with E-state index in [-0.39, 0.29) is 28.7 Å². The number of nitrogens with one attached hydrogen (secondary N) is 1. The minimum absolute atomic E-state index is 0.0123. The van der Waals surface area contributed by atoms with E-state index in [1.54, 1.807) is 6.92 Å². The second-order valence-corrected chi connectivity index (χ2v) is 4.78. The topological polar surface area (TPSA) is 81.1 Å². The zero-order chi connectivity index (χ0) is 15.5. The van der Waals surface area contributed by atoms with Crippen molar-refractivity contribution in [3.63, 3.8) is 0 Å². The maximum atomic E-state index is 12.9. The van der Waals surface area contributed by atoms with Gasteiger partial charge in [0.25, 0.3) is 0 Å². The Kier molecular flexibility index (Phi) is 4.93. The van der Waals surface area contributed by atoms with Crippen LogP contribution in [0.25, 0.3) is 0 Å². The molecule has 0 saturated carbocycles. The molecule has 1 rings (SSSR count). The summed E-state index contributed by atoms with van der Waals surface area (Å²) in [6, 6.07) is 3.14. The Morgan fingerprint density at radius 2 is 2.00 bits per heavy atom. The van der Waals surface area contributed by atoms with Gasteiger partial charge in [-0.3, -0.25) is 4.79 Å². The quantitative estimate of drug-likeness (QED) is 0.727. The van der Waals surface area contributed by atoms with E-state index in [9.17, 15) is 18.0 Å². The smallest absolute Gasteiger partial charge is 0.389 e. The lowest BCUT2D eigenvalue weighted by Crippen LogP contribution is -2.24. The van der Waals surface area contributed by atoms with E-state index in [1.807, 2.05) is 0 Å². The van der Waals surface area contributed by atoms with Gasteiger partial charge in [-0.2, -0.15) is 13.2 Å². The molecule has 110 valence electrons. The number of benzene rings is 1. The first kappa shape index (κ1) is 16.2. The first-order valence-corrected chi connectivity index (χ1v) is 6.08. The fourth-order valence-corrected chi connectivity index (χ4v) is 1.90. The molecule has 0 radical (unpaired) electrons. The monoisotopic (exact) mass is 305 g/mol. The number of halogens is 3. The lowest BCUT2D eigenvalue weighted by atomic mass is 10.1. The number of hydrogen-bond donors (Lipinski definition) is 3. The van der Waals surface area contributed by atoms with Crippen LogP contribution in [0.4, 0.5) is 18.9 Å². The van der Waals surface area contributed by atoms with Crippen molar-refractivity contribution in [3.8, 4) is 0 Å². The van der Waals surface area contributed by atoms with Gasteiger partial charge in [-0.15, -0.1) is 0 Å². The molecule has 0 heterocycles. The summed E-state index contributed by atoms with van der Waals surface area (Å²) < 4.78 is 38.8. The van der Waals surface area contributed by atoms with Crippen LogP contribution in [0.2, 0.25) is 0 Å². The van der Waals surface area contributed by atoms with Gasteiger partial charge in [0.2, 0.25) is 5.91 Å². The summed E-state index contributed by atoms with van der Waals surface area (Å²) in [4.78, 5) is 10.4. The molecule has 0 bridgehead atoms. The van der Waals surface area contributed by atoms with Crippen molar-refractivity contribution in [2.75, 3.05) is 5.32 Å². The minimum Gasteiger partial charge on any atom is -0.389 e. The first-order chi connectivity index (χ1) is 9.11. The molecule has 0 aliphatic carbocycles. The third-order valence-electron chi connectivity index (χ3n) is 2.51. The van der Waals surface area contributed by atoms with Gasteiger partial charge in [-0.05, 0) is 25.1 Å². The predicted octanol–water partition coefficient (Wildman–Crippen LogP) is 2.02. The van der Waals surface area contributed by atoms with E-state index in [2.05, 4.69) is 17.5 Å². The number of thiocarbonyl (C=S) groups is 1. The molecule has 0 saturated heterocycles. The highest BCUT2D eigenvalue weighted by atomic mass is 32.1. The molecule has 0 aliphatic heterocycles. The molecule has 20 heavy (non-hydrogen) atoms. The van der Waals surface area contributed by atoms with Crippen molar-refractivity contribution in [2.24, 2.45) is 11.5 Å². The van der Waals surface area contributed by atoms with Crippen LogP contribution in [0.5, 0.6) is 0 Å². The Labute approximate surface area is 119 Å². The minimum atomic E-state index is -4.57. The number of nitrogens with two attached hydrogens (primary N) is 2. The van der Waals surface area contributed by atoms with Crippen LogP contribution in [-0.4, -0.2) is 16.9 Å². The molecule has 0 fully saturated rings. The normalized spacial score (nSPS) is 12.8. The SMILES string of the molecule is CC(CC(N)=O)Nc1ccc(C(N)=S)c(C(F)(F)F)c1. The predicted molar refractivity (Wildman–Crippen MR) is 74.2 cm³/mol. The van der Waals surface area contributed by atoms with Crippen molar-refractivity contribution < 1.29 is 18.0 Å². The van der Waals surface area contributed by atoms with Gasteiger partial charge in [0, 0.05) is 23.7 Å². The van der Waals surface area contributed by atoms with Gasteiger partial charge >= 0.3 is 6.18 Å². The standard InChI is InChI=1S/C12H14F3N3OS/c1-6(4-10(16)19)18-7-2-3-8(11(17)20)9(5-7)12(13,14)15/h2-3,5-6,18H,4H2,1H3,(H2,16,19)(H2,17,20). The van der Waals surface area contributed by atoms with Gasteiger partial charge in [0.15, 0.2) is 0 Å². The average molecular weight is 305 g/mol. The van der Waals surface area contributed by atoms with E-state index < -0.39 is 17.6 Å². The highest BCUT2D eigenvalue weighted by Gasteiger charge is 2.34. The number of primary amides is 1.